The highest BCUT2D eigenvalue weighted by Gasteiger charge is 2.35. The van der Waals surface area contributed by atoms with Crippen LogP contribution in [-0.2, 0) is 17.5 Å². The van der Waals surface area contributed by atoms with E-state index in [1.807, 2.05) is 0 Å². The number of benzene rings is 1. The van der Waals surface area contributed by atoms with Crippen molar-refractivity contribution in [3.05, 3.63) is 45.5 Å². The van der Waals surface area contributed by atoms with Crippen LogP contribution < -0.4 is 5.43 Å². The Balaban J connectivity index is 0.00000193. The Morgan fingerprint density at radius 2 is 1.85 bits per heavy atom. The average molecular weight is 513 g/mol. The molecule has 1 aliphatic rings. The molecule has 0 unspecified atom stereocenters. The van der Waals surface area contributed by atoms with Crippen molar-refractivity contribution >= 4 is 35.8 Å². The number of morpholine rings is 1. The van der Waals surface area contributed by atoms with Crippen LogP contribution in [0.3, 0.4) is 0 Å². The topological polar surface area (TPSA) is 83.4 Å². The fraction of sp³-hybridized carbons (Fsp3) is 0.400. The minimum Gasteiger partial charge on any atom is -0.503 e. The third kappa shape index (κ3) is 5.11. The number of aryl methyl sites for hydroxylation is 1. The van der Waals surface area contributed by atoms with E-state index in [1.165, 1.54) is 4.68 Å². The van der Waals surface area contributed by atoms with Crippen molar-refractivity contribution in [2.45, 2.75) is 19.6 Å². The standard InChI is InChI=1S/C20H20F4N4O3.2ClH/c1-11-14-17(29)18(30)16(12-3-2-4-13(15(12)21)20(22,23)24)25-19(14)28(26-11)6-5-27-7-9-31-10-8-27;;/h2-4,30H,5-10H2,1H3,(H,25,29);2*1H. The molecular formula is C20H22Cl2F4N4O3. The van der Waals surface area contributed by atoms with Gasteiger partial charge in [0.2, 0.25) is 5.43 Å². The third-order valence-corrected chi connectivity index (χ3v) is 5.35. The molecule has 0 bridgehead atoms. The minimum atomic E-state index is -4.92. The summed E-state index contributed by atoms with van der Waals surface area (Å²) in [6.07, 6.45) is -4.92. The number of aromatic amines is 1. The minimum absolute atomic E-state index is 0. The number of hydrogen-bond donors (Lipinski definition) is 2. The average Bonchev–Trinajstić information content (AvgIpc) is 3.05. The molecule has 0 saturated carbocycles. The van der Waals surface area contributed by atoms with E-state index in [1.54, 1.807) is 6.92 Å². The molecule has 182 valence electrons. The van der Waals surface area contributed by atoms with E-state index in [9.17, 15) is 27.5 Å². The van der Waals surface area contributed by atoms with Crippen molar-refractivity contribution in [1.29, 1.82) is 0 Å². The maximum absolute atomic E-state index is 14.7. The number of rotatable bonds is 4. The maximum atomic E-state index is 14.7. The van der Waals surface area contributed by atoms with Crippen molar-refractivity contribution < 1.29 is 27.4 Å². The zero-order chi connectivity index (χ0) is 22.3. The van der Waals surface area contributed by atoms with Gasteiger partial charge in [0.1, 0.15) is 11.5 Å². The van der Waals surface area contributed by atoms with Gasteiger partial charge in [0.15, 0.2) is 5.75 Å². The molecule has 0 atom stereocenters. The Labute approximate surface area is 198 Å². The highest BCUT2D eigenvalue weighted by molar-refractivity contribution is 5.86. The Morgan fingerprint density at radius 3 is 2.48 bits per heavy atom. The molecule has 1 aliphatic heterocycles. The van der Waals surface area contributed by atoms with E-state index >= 15 is 0 Å². The monoisotopic (exact) mass is 512 g/mol. The second-order valence-corrected chi connectivity index (χ2v) is 7.33. The number of nitrogens with one attached hydrogen (secondary N) is 1. The second kappa shape index (κ2) is 10.3. The Kier molecular flexibility index (Phi) is 8.39. The quantitative estimate of drug-likeness (QED) is 0.520. The smallest absolute Gasteiger partial charge is 0.419 e. The summed E-state index contributed by atoms with van der Waals surface area (Å²) in [7, 11) is 0. The van der Waals surface area contributed by atoms with Gasteiger partial charge >= 0.3 is 6.18 Å². The molecule has 2 N–H and O–H groups in total. The molecule has 13 heteroatoms. The molecule has 33 heavy (non-hydrogen) atoms. The number of nitrogens with zero attached hydrogens (tertiary/aromatic N) is 3. The number of hydrogen-bond acceptors (Lipinski definition) is 5. The van der Waals surface area contributed by atoms with Crippen LogP contribution in [0.25, 0.3) is 22.3 Å². The summed E-state index contributed by atoms with van der Waals surface area (Å²) in [5.74, 6) is -2.43. The molecule has 7 nitrogen and oxygen atoms in total. The van der Waals surface area contributed by atoms with Crippen molar-refractivity contribution in [1.82, 2.24) is 19.7 Å². The molecule has 3 aromatic rings. The largest absolute Gasteiger partial charge is 0.503 e. The van der Waals surface area contributed by atoms with Crippen LogP contribution in [0.15, 0.2) is 23.0 Å². The van der Waals surface area contributed by atoms with E-state index in [-0.39, 0.29) is 35.8 Å². The predicted molar refractivity (Wildman–Crippen MR) is 119 cm³/mol. The molecule has 1 fully saturated rings. The molecule has 0 radical (unpaired) electrons. The number of alkyl halides is 3. The lowest BCUT2D eigenvalue weighted by atomic mass is 10.0. The normalized spacial score (nSPS) is 14.7. The van der Waals surface area contributed by atoms with Crippen molar-refractivity contribution in [3.8, 4) is 17.0 Å². The zero-order valence-electron chi connectivity index (χ0n) is 17.4. The molecule has 0 amide bonds. The molecule has 4 rings (SSSR count). The van der Waals surface area contributed by atoms with Crippen LogP contribution in [0.2, 0.25) is 0 Å². The van der Waals surface area contributed by atoms with E-state index in [0.29, 0.717) is 38.1 Å². The number of H-pyrrole nitrogens is 1. The molecule has 3 heterocycles. The van der Waals surface area contributed by atoms with Crippen molar-refractivity contribution in [2.24, 2.45) is 0 Å². The molecular weight excluding hydrogens is 491 g/mol. The summed E-state index contributed by atoms with van der Waals surface area (Å²) in [6.45, 7) is 5.30. The molecule has 2 aromatic heterocycles. The van der Waals surface area contributed by atoms with Gasteiger partial charge in [-0.25, -0.2) is 9.07 Å². The van der Waals surface area contributed by atoms with Gasteiger partial charge in [-0.2, -0.15) is 18.3 Å². The maximum Gasteiger partial charge on any atom is 0.419 e. The van der Waals surface area contributed by atoms with Crippen LogP contribution in [0, 0.1) is 12.7 Å². The summed E-state index contributed by atoms with van der Waals surface area (Å²) in [6, 6.07) is 2.69. The SMILES string of the molecule is Cc1nn(CCN2CCOCC2)c2[nH]c(-c3cccc(C(F)(F)F)c3F)c(O)c(=O)c12.Cl.Cl. The lowest BCUT2D eigenvalue weighted by Crippen LogP contribution is -2.38. The lowest BCUT2D eigenvalue weighted by Gasteiger charge is -2.26. The summed E-state index contributed by atoms with van der Waals surface area (Å²) in [4.78, 5) is 17.7. The van der Waals surface area contributed by atoms with Crippen molar-refractivity contribution in [2.75, 3.05) is 32.8 Å². The van der Waals surface area contributed by atoms with Gasteiger partial charge in [-0.05, 0) is 19.1 Å². The van der Waals surface area contributed by atoms with Crippen LogP contribution in [-0.4, -0.2) is 57.6 Å². The van der Waals surface area contributed by atoms with E-state index < -0.39 is 40.0 Å². The van der Waals surface area contributed by atoms with Gasteiger partial charge in [-0.1, -0.05) is 6.07 Å². The number of aromatic hydroxyl groups is 1. The van der Waals surface area contributed by atoms with Gasteiger partial charge in [0.25, 0.3) is 0 Å². The van der Waals surface area contributed by atoms with E-state index in [4.69, 9.17) is 4.74 Å². The van der Waals surface area contributed by atoms with Crippen LogP contribution >= 0.6 is 24.8 Å². The first-order chi connectivity index (χ1) is 14.7. The first kappa shape index (κ1) is 26.9. The van der Waals surface area contributed by atoms with E-state index in [0.717, 1.165) is 25.2 Å². The van der Waals surface area contributed by atoms with Crippen molar-refractivity contribution in [3.63, 3.8) is 0 Å². The summed E-state index contributed by atoms with van der Waals surface area (Å²) >= 11 is 0. The van der Waals surface area contributed by atoms with Gasteiger partial charge in [0.05, 0.1) is 42.1 Å². The highest BCUT2D eigenvalue weighted by atomic mass is 35.5. The lowest BCUT2D eigenvalue weighted by molar-refractivity contribution is -0.139. The number of ether oxygens (including phenoxy) is 1. The first-order valence-electron chi connectivity index (χ1n) is 9.67. The first-order valence-corrected chi connectivity index (χ1v) is 9.67. The van der Waals surface area contributed by atoms with Crippen LogP contribution in [0.4, 0.5) is 17.6 Å². The van der Waals surface area contributed by atoms with E-state index in [2.05, 4.69) is 15.0 Å². The Morgan fingerprint density at radius 1 is 1.18 bits per heavy atom. The van der Waals surface area contributed by atoms with Crippen LogP contribution in [0.1, 0.15) is 11.3 Å². The second-order valence-electron chi connectivity index (χ2n) is 7.33. The number of pyridine rings is 1. The fourth-order valence-corrected chi connectivity index (χ4v) is 3.75. The van der Waals surface area contributed by atoms with Gasteiger partial charge in [-0.3, -0.25) is 9.69 Å². The summed E-state index contributed by atoms with van der Waals surface area (Å²) in [5, 5.41) is 14.8. The van der Waals surface area contributed by atoms with Crippen LogP contribution in [0.5, 0.6) is 5.75 Å². The molecule has 1 saturated heterocycles. The molecule has 0 aliphatic carbocycles. The number of fused-ring (bicyclic) bond motifs is 1. The zero-order valence-corrected chi connectivity index (χ0v) is 19.0. The number of aromatic nitrogens is 3. The van der Waals surface area contributed by atoms with Gasteiger partial charge in [-0.15, -0.1) is 24.8 Å². The van der Waals surface area contributed by atoms with Gasteiger partial charge in [0, 0.05) is 25.2 Å². The number of halogens is 6. The molecule has 1 aromatic carbocycles. The highest BCUT2D eigenvalue weighted by Crippen LogP contribution is 2.37. The molecule has 0 spiro atoms. The summed E-state index contributed by atoms with van der Waals surface area (Å²) in [5.41, 5.74) is -2.72. The Bertz CT molecular complexity index is 1190. The van der Waals surface area contributed by atoms with Gasteiger partial charge < -0.3 is 14.8 Å². The fourth-order valence-electron chi connectivity index (χ4n) is 3.75. The summed E-state index contributed by atoms with van der Waals surface area (Å²) < 4.78 is 60.8. The Hall–Kier alpha value is -2.34. The third-order valence-electron chi connectivity index (χ3n) is 5.35. The predicted octanol–water partition coefficient (Wildman–Crippen LogP) is 3.74.